The van der Waals surface area contributed by atoms with Crippen molar-refractivity contribution in [2.24, 2.45) is 0 Å². The molecule has 0 spiro atoms. The first-order valence-electron chi connectivity index (χ1n) is 11.3. The molecule has 3 rings (SSSR count). The molecule has 2 aromatic carbocycles. The lowest BCUT2D eigenvalue weighted by atomic mass is 10.0. The second-order valence-electron chi connectivity index (χ2n) is 10.3. The lowest BCUT2D eigenvalue weighted by Crippen LogP contribution is -2.44. The summed E-state index contributed by atoms with van der Waals surface area (Å²) in [7, 11) is -4.99. The maximum absolute atomic E-state index is 12.8. The number of anilines is 1. The summed E-state index contributed by atoms with van der Waals surface area (Å²) in [5.41, 5.74) is 1.87. The molecule has 8 nitrogen and oxygen atoms in total. The van der Waals surface area contributed by atoms with Crippen LogP contribution in [0.5, 0.6) is 0 Å². The number of hydrogen-bond acceptors (Lipinski definition) is 7. The van der Waals surface area contributed by atoms with Crippen LogP contribution in [0.1, 0.15) is 44.4 Å². The van der Waals surface area contributed by atoms with Crippen LogP contribution in [0.3, 0.4) is 0 Å². The van der Waals surface area contributed by atoms with Gasteiger partial charge in [-0.25, -0.2) is 0 Å². The van der Waals surface area contributed by atoms with E-state index in [1.165, 1.54) is 6.07 Å². The molecule has 2 aromatic rings. The predicted octanol–water partition coefficient (Wildman–Crippen LogP) is 5.58. The van der Waals surface area contributed by atoms with E-state index in [0.29, 0.717) is 24.2 Å². The fraction of sp³-hybridized carbons (Fsp3) is 0.500. The zero-order valence-corrected chi connectivity index (χ0v) is 22.7. The van der Waals surface area contributed by atoms with Crippen molar-refractivity contribution in [3.05, 3.63) is 63.7 Å². The highest BCUT2D eigenvalue weighted by Crippen LogP contribution is 2.45. The van der Waals surface area contributed by atoms with Gasteiger partial charge < -0.3 is 9.33 Å². The van der Waals surface area contributed by atoms with Gasteiger partial charge in [-0.1, -0.05) is 50.6 Å². The van der Waals surface area contributed by atoms with E-state index in [1.54, 1.807) is 30.3 Å². The molecule has 0 bridgehead atoms. The number of nitro groups is 1. The molecule has 10 heteroatoms. The van der Waals surface area contributed by atoms with E-state index in [0.717, 1.165) is 12.7 Å². The van der Waals surface area contributed by atoms with Crippen molar-refractivity contribution >= 4 is 29.8 Å². The Balaban J connectivity index is 2.16. The van der Waals surface area contributed by atoms with Gasteiger partial charge in [-0.15, -0.1) is 0 Å². The van der Waals surface area contributed by atoms with Gasteiger partial charge in [0.25, 0.3) is 15.8 Å². The van der Waals surface area contributed by atoms with Crippen LogP contribution >= 0.6 is 0 Å². The number of para-hydroxylation sites is 2. The van der Waals surface area contributed by atoms with Crippen LogP contribution in [-0.2, 0) is 18.7 Å². The number of benzene rings is 2. The molecular weight excluding hydrogens is 472 g/mol. The number of hydrogen-bond donors (Lipinski definition) is 0. The third kappa shape index (κ3) is 5.19. The maximum atomic E-state index is 12.8. The third-order valence-corrected chi connectivity index (χ3v) is 12.8. The normalized spacial score (nSPS) is 19.4. The Labute approximate surface area is 203 Å². The van der Waals surface area contributed by atoms with Crippen molar-refractivity contribution < 1.29 is 22.0 Å². The molecule has 0 aromatic heterocycles. The molecule has 2 atom stereocenters. The molecule has 186 valence electrons. The molecule has 34 heavy (non-hydrogen) atoms. The molecule has 1 aliphatic rings. The van der Waals surface area contributed by atoms with Gasteiger partial charge in [0.15, 0.2) is 8.32 Å². The average molecular weight is 507 g/mol. The monoisotopic (exact) mass is 506 g/mol. The molecule has 0 N–H and O–H groups in total. The molecule has 0 amide bonds. The number of nitro benzene ring substituents is 1. The second-order valence-corrected chi connectivity index (χ2v) is 16.7. The Morgan fingerprint density at radius 1 is 1.15 bits per heavy atom. The van der Waals surface area contributed by atoms with Crippen molar-refractivity contribution in [3.8, 4) is 0 Å². The van der Waals surface area contributed by atoms with Crippen LogP contribution in [0.2, 0.25) is 18.1 Å². The highest BCUT2D eigenvalue weighted by molar-refractivity contribution is 7.86. The highest BCUT2D eigenvalue weighted by Gasteiger charge is 2.44. The highest BCUT2D eigenvalue weighted by atomic mass is 32.2. The second kappa shape index (κ2) is 9.41. The lowest BCUT2D eigenvalue weighted by Gasteiger charge is -2.38. The summed E-state index contributed by atoms with van der Waals surface area (Å²) < 4.78 is 37.1. The van der Waals surface area contributed by atoms with Gasteiger partial charge in [-0.05, 0) is 49.2 Å². The third-order valence-electron chi connectivity index (χ3n) is 6.93. The Morgan fingerprint density at radius 3 is 2.38 bits per heavy atom. The van der Waals surface area contributed by atoms with Crippen LogP contribution < -0.4 is 4.90 Å². The fourth-order valence-electron chi connectivity index (χ4n) is 4.14. The fourth-order valence-corrected chi connectivity index (χ4v) is 6.40. The zero-order valence-electron chi connectivity index (χ0n) is 20.9. The van der Waals surface area contributed by atoms with E-state index >= 15 is 0 Å². The average Bonchev–Trinajstić information content (AvgIpc) is 3.15. The summed E-state index contributed by atoms with van der Waals surface area (Å²) >= 11 is 0. The van der Waals surface area contributed by atoms with E-state index in [2.05, 4.69) is 33.9 Å². The zero-order chi connectivity index (χ0) is 25.5. The Hall–Kier alpha value is -2.27. The van der Waals surface area contributed by atoms with Crippen molar-refractivity contribution in [2.75, 3.05) is 18.6 Å². The summed E-state index contributed by atoms with van der Waals surface area (Å²) in [5, 5.41) is 11.8. The van der Waals surface area contributed by atoms with Crippen LogP contribution in [0, 0.1) is 17.0 Å². The minimum absolute atomic E-state index is 0.0114. The van der Waals surface area contributed by atoms with Crippen LogP contribution in [0.4, 0.5) is 11.4 Å². The summed E-state index contributed by atoms with van der Waals surface area (Å²) in [5.74, 6) is 0. The van der Waals surface area contributed by atoms with E-state index in [1.807, 2.05) is 17.9 Å². The molecule has 0 unspecified atom stereocenters. The molecule has 1 fully saturated rings. The smallest absolute Gasteiger partial charge is 0.297 e. The summed E-state index contributed by atoms with van der Waals surface area (Å²) in [4.78, 5) is 13.4. The minimum atomic E-state index is -3.98. The Morgan fingerprint density at radius 2 is 1.79 bits per heavy atom. The van der Waals surface area contributed by atoms with Gasteiger partial charge >= 0.3 is 0 Å². The standard InChI is InChI=1S/C24H34N2O6SSi/c1-17-12-13-23(33(29,30)31-5)19(14-17)22-15-18(32-34(6,7)24(2,3)4)16-25(22)20-10-8-9-11-21(20)26(27)28/h8-14,18,22H,15-16H2,1-7H3/t18-,22-/m1/s1. The SMILES string of the molecule is COS(=O)(=O)c1ccc(C)cc1[C@H]1C[C@@H](O[Si](C)(C)C(C)(C)C)CN1c1ccccc1[N+](=O)[O-]. The van der Waals surface area contributed by atoms with Gasteiger partial charge in [-0.3, -0.25) is 14.3 Å². The van der Waals surface area contributed by atoms with Crippen LogP contribution in [-0.4, -0.2) is 41.4 Å². The number of aryl methyl sites for hydroxylation is 1. The lowest BCUT2D eigenvalue weighted by molar-refractivity contribution is -0.384. The van der Waals surface area contributed by atoms with Gasteiger partial charge in [0, 0.05) is 12.6 Å². The van der Waals surface area contributed by atoms with Crippen molar-refractivity contribution in [2.45, 2.75) is 69.3 Å². The number of nitrogens with zero attached hydrogens (tertiary/aromatic N) is 2. The molecule has 1 aliphatic heterocycles. The summed E-state index contributed by atoms with van der Waals surface area (Å²) in [6.07, 6.45) is 0.304. The molecular formula is C24H34N2O6SSi. The molecule has 0 radical (unpaired) electrons. The first-order chi connectivity index (χ1) is 15.7. The van der Waals surface area contributed by atoms with Crippen molar-refractivity contribution in [1.29, 1.82) is 0 Å². The van der Waals surface area contributed by atoms with Crippen molar-refractivity contribution in [3.63, 3.8) is 0 Å². The molecule has 0 aliphatic carbocycles. The Bertz CT molecular complexity index is 1180. The largest absolute Gasteiger partial charge is 0.412 e. The van der Waals surface area contributed by atoms with Crippen LogP contribution in [0.25, 0.3) is 0 Å². The first kappa shape index (κ1) is 26.3. The molecule has 1 saturated heterocycles. The number of rotatable bonds is 7. The maximum Gasteiger partial charge on any atom is 0.297 e. The summed E-state index contributed by atoms with van der Waals surface area (Å²) in [6.45, 7) is 13.1. The van der Waals surface area contributed by atoms with Crippen molar-refractivity contribution in [1.82, 2.24) is 0 Å². The van der Waals surface area contributed by atoms with E-state index < -0.39 is 29.4 Å². The topological polar surface area (TPSA) is 99.0 Å². The van der Waals surface area contributed by atoms with Gasteiger partial charge in [0.2, 0.25) is 0 Å². The van der Waals surface area contributed by atoms with Gasteiger partial charge in [-0.2, -0.15) is 8.42 Å². The quantitative estimate of drug-likeness (QED) is 0.209. The van der Waals surface area contributed by atoms with Crippen LogP contribution in [0.15, 0.2) is 47.4 Å². The molecule has 0 saturated carbocycles. The van der Waals surface area contributed by atoms with E-state index in [4.69, 9.17) is 8.61 Å². The molecule has 1 heterocycles. The van der Waals surface area contributed by atoms with E-state index in [9.17, 15) is 18.5 Å². The Kier molecular flexibility index (Phi) is 7.29. The minimum Gasteiger partial charge on any atom is -0.412 e. The summed E-state index contributed by atoms with van der Waals surface area (Å²) in [6, 6.07) is 11.2. The predicted molar refractivity (Wildman–Crippen MR) is 135 cm³/mol. The van der Waals surface area contributed by atoms with E-state index in [-0.39, 0.29) is 21.7 Å². The van der Waals surface area contributed by atoms with Gasteiger partial charge in [0.1, 0.15) is 5.69 Å². The first-order valence-corrected chi connectivity index (χ1v) is 15.6. The van der Waals surface area contributed by atoms with Gasteiger partial charge in [0.05, 0.1) is 29.1 Å².